The largest absolute Gasteiger partial charge is 0.376 e. The van der Waals surface area contributed by atoms with E-state index in [0.29, 0.717) is 23.0 Å². The Morgan fingerprint density at radius 1 is 1.38 bits per heavy atom. The number of carbonyl (C=O) groups excluding carboxylic acids is 1. The van der Waals surface area contributed by atoms with Gasteiger partial charge in [-0.15, -0.1) is 11.3 Å². The number of hydrogen-bond acceptors (Lipinski definition) is 5. The molecule has 26 heavy (non-hydrogen) atoms. The number of aromatic nitrogens is 1. The Kier molecular flexibility index (Phi) is 4.97. The molecule has 1 unspecified atom stereocenters. The maximum Gasteiger partial charge on any atom is 0.234 e. The van der Waals surface area contributed by atoms with Crippen LogP contribution in [0.4, 0.5) is 13.9 Å². The topological polar surface area (TPSA) is 42.4 Å². The van der Waals surface area contributed by atoms with Gasteiger partial charge in [0.15, 0.2) is 10.9 Å². The molecular formula is C18H16F2N2O2S2. The molecule has 0 bridgehead atoms. The summed E-state index contributed by atoms with van der Waals surface area (Å²) in [6, 6.07) is 5.85. The SMILES string of the molecule is O=C(Cc1cccs1)N(CC1CCCO1)c1nc2c(F)cc(F)cc2s1. The van der Waals surface area contributed by atoms with E-state index in [1.54, 1.807) is 4.90 Å². The first-order valence-electron chi connectivity index (χ1n) is 8.30. The Morgan fingerprint density at radius 3 is 3.00 bits per heavy atom. The van der Waals surface area contributed by atoms with Crippen molar-refractivity contribution >= 4 is 43.9 Å². The van der Waals surface area contributed by atoms with Crippen molar-refractivity contribution in [2.75, 3.05) is 18.1 Å². The molecule has 0 aliphatic carbocycles. The summed E-state index contributed by atoms with van der Waals surface area (Å²) in [5.41, 5.74) is 0.0904. The lowest BCUT2D eigenvalue weighted by molar-refractivity contribution is -0.118. The van der Waals surface area contributed by atoms with Crippen LogP contribution in [-0.2, 0) is 16.0 Å². The molecule has 1 fully saturated rings. The van der Waals surface area contributed by atoms with Gasteiger partial charge in [0.25, 0.3) is 0 Å². The minimum Gasteiger partial charge on any atom is -0.376 e. The third-order valence-electron chi connectivity index (χ3n) is 4.25. The van der Waals surface area contributed by atoms with Crippen LogP contribution in [0.2, 0.25) is 0 Å². The molecule has 136 valence electrons. The molecule has 0 saturated carbocycles. The van der Waals surface area contributed by atoms with Gasteiger partial charge in [0.05, 0.1) is 23.8 Å². The van der Waals surface area contributed by atoms with E-state index in [9.17, 15) is 13.6 Å². The van der Waals surface area contributed by atoms with Crippen LogP contribution in [0.15, 0.2) is 29.6 Å². The van der Waals surface area contributed by atoms with E-state index in [1.807, 2.05) is 17.5 Å². The summed E-state index contributed by atoms with van der Waals surface area (Å²) in [6.45, 7) is 1.05. The lowest BCUT2D eigenvalue weighted by Gasteiger charge is -2.22. The van der Waals surface area contributed by atoms with Crippen LogP contribution < -0.4 is 4.90 Å². The predicted molar refractivity (Wildman–Crippen MR) is 98.9 cm³/mol. The summed E-state index contributed by atoms with van der Waals surface area (Å²) in [6.07, 6.45) is 2.02. The van der Waals surface area contributed by atoms with Crippen molar-refractivity contribution in [3.8, 4) is 0 Å². The maximum absolute atomic E-state index is 14.0. The number of fused-ring (bicyclic) bond motifs is 1. The standard InChI is InChI=1S/C18H16F2N2O2S2/c19-11-7-14(20)17-15(8-11)26-18(21-17)22(10-12-3-1-5-24-12)16(23)9-13-4-2-6-25-13/h2,4,6-8,12H,1,3,5,9-10H2. The van der Waals surface area contributed by atoms with Crippen LogP contribution >= 0.6 is 22.7 Å². The number of carbonyl (C=O) groups is 1. The van der Waals surface area contributed by atoms with Crippen LogP contribution in [-0.4, -0.2) is 30.1 Å². The summed E-state index contributed by atoms with van der Waals surface area (Å²) >= 11 is 2.63. The molecule has 3 heterocycles. The molecule has 3 aromatic rings. The molecule has 4 rings (SSSR count). The number of hydrogen-bond donors (Lipinski definition) is 0. The number of benzene rings is 1. The number of anilines is 1. The van der Waals surface area contributed by atoms with E-state index in [1.165, 1.54) is 17.4 Å². The number of rotatable bonds is 5. The first kappa shape index (κ1) is 17.5. The summed E-state index contributed by atoms with van der Waals surface area (Å²) in [7, 11) is 0. The van der Waals surface area contributed by atoms with Gasteiger partial charge >= 0.3 is 0 Å². The molecule has 0 radical (unpaired) electrons. The highest BCUT2D eigenvalue weighted by Gasteiger charge is 2.27. The van der Waals surface area contributed by atoms with Crippen LogP contribution in [0.25, 0.3) is 10.2 Å². The molecule has 2 aromatic heterocycles. The first-order valence-corrected chi connectivity index (χ1v) is 9.99. The molecule has 0 spiro atoms. The van der Waals surface area contributed by atoms with Crippen molar-refractivity contribution in [1.29, 1.82) is 0 Å². The minimum atomic E-state index is -0.717. The average molecular weight is 394 g/mol. The quantitative estimate of drug-likeness (QED) is 0.645. The molecule has 0 N–H and O–H groups in total. The smallest absolute Gasteiger partial charge is 0.234 e. The van der Waals surface area contributed by atoms with Gasteiger partial charge in [0.2, 0.25) is 5.91 Å². The zero-order valence-corrected chi connectivity index (χ0v) is 15.4. The average Bonchev–Trinajstić information content (AvgIpc) is 3.33. The van der Waals surface area contributed by atoms with Crippen LogP contribution in [0.5, 0.6) is 0 Å². The second-order valence-electron chi connectivity index (χ2n) is 6.13. The van der Waals surface area contributed by atoms with Crippen molar-refractivity contribution in [3.63, 3.8) is 0 Å². The van der Waals surface area contributed by atoms with E-state index in [4.69, 9.17) is 4.74 Å². The van der Waals surface area contributed by atoms with Crippen molar-refractivity contribution in [2.45, 2.75) is 25.4 Å². The fraction of sp³-hybridized carbons (Fsp3) is 0.333. The van der Waals surface area contributed by atoms with Crippen molar-refractivity contribution in [1.82, 2.24) is 4.98 Å². The second kappa shape index (κ2) is 7.38. The van der Waals surface area contributed by atoms with Gasteiger partial charge in [0, 0.05) is 17.6 Å². The molecular weight excluding hydrogens is 378 g/mol. The maximum atomic E-state index is 14.0. The molecule has 1 atom stereocenters. The van der Waals surface area contributed by atoms with Gasteiger partial charge < -0.3 is 4.74 Å². The van der Waals surface area contributed by atoms with E-state index < -0.39 is 11.6 Å². The third kappa shape index (κ3) is 3.62. The highest BCUT2D eigenvalue weighted by atomic mass is 32.1. The summed E-state index contributed by atoms with van der Waals surface area (Å²) < 4.78 is 33.5. The molecule has 8 heteroatoms. The number of nitrogens with zero attached hydrogens (tertiary/aromatic N) is 2. The molecule has 1 amide bonds. The molecule has 1 saturated heterocycles. The molecule has 1 aliphatic rings. The van der Waals surface area contributed by atoms with Crippen molar-refractivity contribution in [3.05, 3.63) is 46.2 Å². The van der Waals surface area contributed by atoms with E-state index in [2.05, 4.69) is 4.98 Å². The van der Waals surface area contributed by atoms with E-state index >= 15 is 0 Å². The molecule has 1 aromatic carbocycles. The summed E-state index contributed by atoms with van der Waals surface area (Å²) in [4.78, 5) is 19.7. The first-order chi connectivity index (χ1) is 12.6. The molecule has 4 nitrogen and oxygen atoms in total. The predicted octanol–water partition coefficient (Wildman–Crippen LogP) is 4.39. The Labute approximate surface area is 157 Å². The van der Waals surface area contributed by atoms with Gasteiger partial charge in [-0.05, 0) is 30.4 Å². The van der Waals surface area contributed by atoms with Gasteiger partial charge in [-0.2, -0.15) is 0 Å². The Hall–Kier alpha value is -1.90. The summed E-state index contributed by atoms with van der Waals surface area (Å²) in [5.74, 6) is -1.49. The zero-order chi connectivity index (χ0) is 18.1. The normalized spacial score (nSPS) is 17.1. The van der Waals surface area contributed by atoms with Gasteiger partial charge in [-0.25, -0.2) is 13.8 Å². The van der Waals surface area contributed by atoms with Crippen molar-refractivity contribution in [2.24, 2.45) is 0 Å². The van der Waals surface area contributed by atoms with Gasteiger partial charge in [0.1, 0.15) is 11.3 Å². The van der Waals surface area contributed by atoms with Crippen molar-refractivity contribution < 1.29 is 18.3 Å². The monoisotopic (exact) mass is 394 g/mol. The van der Waals surface area contributed by atoms with E-state index in [-0.39, 0.29) is 23.9 Å². The number of thiazole rings is 1. The Morgan fingerprint density at radius 2 is 2.27 bits per heavy atom. The lowest BCUT2D eigenvalue weighted by Crippen LogP contribution is -2.38. The fourth-order valence-corrected chi connectivity index (χ4v) is 4.72. The van der Waals surface area contributed by atoms with E-state index in [0.717, 1.165) is 35.1 Å². The highest BCUT2D eigenvalue weighted by molar-refractivity contribution is 7.22. The lowest BCUT2D eigenvalue weighted by atomic mass is 10.2. The number of ether oxygens (including phenoxy) is 1. The zero-order valence-electron chi connectivity index (χ0n) is 13.8. The van der Waals surface area contributed by atoms with Crippen LogP contribution in [0, 0.1) is 11.6 Å². The number of thiophene rings is 1. The van der Waals surface area contributed by atoms with Crippen LogP contribution in [0.3, 0.4) is 0 Å². The Balaban J connectivity index is 1.67. The highest BCUT2D eigenvalue weighted by Crippen LogP contribution is 2.32. The minimum absolute atomic E-state index is 0.0594. The van der Waals surface area contributed by atoms with Gasteiger partial charge in [-0.1, -0.05) is 17.4 Å². The third-order valence-corrected chi connectivity index (χ3v) is 6.15. The van der Waals surface area contributed by atoms with Gasteiger partial charge in [-0.3, -0.25) is 9.69 Å². The van der Waals surface area contributed by atoms with Crippen LogP contribution in [0.1, 0.15) is 17.7 Å². The molecule has 1 aliphatic heterocycles. The number of halogens is 2. The fourth-order valence-electron chi connectivity index (χ4n) is 3.00. The summed E-state index contributed by atoms with van der Waals surface area (Å²) in [5, 5.41) is 2.30. The number of amides is 1. The second-order valence-corrected chi connectivity index (χ2v) is 8.17. The Bertz CT molecular complexity index is 921.